The predicted molar refractivity (Wildman–Crippen MR) is 136 cm³/mol. The number of allylic oxidation sites excluding steroid dienone is 1. The molecule has 0 atom stereocenters. The summed E-state index contributed by atoms with van der Waals surface area (Å²) in [6, 6.07) is 19.7. The van der Waals surface area contributed by atoms with Gasteiger partial charge in [-0.25, -0.2) is 24.9 Å². The molecule has 7 heteroatoms. The molecular formula is C27H19ClN6. The van der Waals surface area contributed by atoms with Crippen molar-refractivity contribution >= 4 is 51.1 Å². The van der Waals surface area contributed by atoms with Crippen molar-refractivity contribution in [2.45, 2.75) is 13.8 Å². The third-order valence-electron chi connectivity index (χ3n) is 5.74. The summed E-state index contributed by atoms with van der Waals surface area (Å²) in [6.45, 7) is 3.94. The number of pyridine rings is 5. The van der Waals surface area contributed by atoms with Crippen LogP contribution in [0.2, 0.25) is 5.15 Å². The first-order chi connectivity index (χ1) is 16.5. The third kappa shape index (κ3) is 3.68. The molecule has 1 aliphatic rings. The maximum absolute atomic E-state index is 6.15. The van der Waals surface area contributed by atoms with Crippen LogP contribution in [0.4, 0.5) is 5.82 Å². The number of hydrogen-bond donors (Lipinski definition) is 1. The van der Waals surface area contributed by atoms with Crippen LogP contribution in [0.3, 0.4) is 0 Å². The van der Waals surface area contributed by atoms with Gasteiger partial charge < -0.3 is 5.32 Å². The molecule has 0 radical (unpaired) electrons. The van der Waals surface area contributed by atoms with Crippen LogP contribution in [0.15, 0.2) is 72.4 Å². The highest BCUT2D eigenvalue weighted by molar-refractivity contribution is 6.29. The fourth-order valence-corrected chi connectivity index (χ4v) is 4.19. The van der Waals surface area contributed by atoms with Gasteiger partial charge in [-0.05, 0) is 86.7 Å². The van der Waals surface area contributed by atoms with Gasteiger partial charge in [-0.15, -0.1) is 0 Å². The third-order valence-corrected chi connectivity index (χ3v) is 5.95. The van der Waals surface area contributed by atoms with E-state index in [1.54, 1.807) is 6.07 Å². The first kappa shape index (κ1) is 20.4. The molecule has 6 heterocycles. The first-order valence-electron chi connectivity index (χ1n) is 10.9. The number of rotatable bonds is 2. The molecule has 0 aromatic carbocycles. The molecule has 0 amide bonds. The quantitative estimate of drug-likeness (QED) is 0.318. The molecule has 0 spiro atoms. The fourth-order valence-electron chi connectivity index (χ4n) is 4.05. The van der Waals surface area contributed by atoms with Gasteiger partial charge in [0, 0.05) is 33.3 Å². The Bertz CT molecular complexity index is 1580. The maximum atomic E-state index is 6.15. The largest absolute Gasteiger partial charge is 0.339 e. The lowest BCUT2D eigenvalue weighted by Crippen LogP contribution is -2.10. The van der Waals surface area contributed by atoms with Crippen molar-refractivity contribution < 1.29 is 0 Å². The highest BCUT2D eigenvalue weighted by Crippen LogP contribution is 2.32. The molecule has 0 aliphatic carbocycles. The van der Waals surface area contributed by atoms with Crippen LogP contribution < -0.4 is 5.32 Å². The van der Waals surface area contributed by atoms with Crippen LogP contribution >= 0.6 is 11.6 Å². The Labute approximate surface area is 201 Å². The van der Waals surface area contributed by atoms with Crippen molar-refractivity contribution in [2.24, 2.45) is 0 Å². The lowest BCUT2D eigenvalue weighted by molar-refractivity contribution is 1.16. The van der Waals surface area contributed by atoms with Gasteiger partial charge in [0.05, 0.1) is 17.1 Å². The molecule has 1 N–H and O–H groups in total. The summed E-state index contributed by atoms with van der Waals surface area (Å²) in [5, 5.41) is 5.78. The lowest BCUT2D eigenvalue weighted by Gasteiger charge is -2.19. The number of nitrogens with one attached hydrogen (secondary N) is 1. The topological polar surface area (TPSA) is 76.5 Å². The zero-order valence-corrected chi connectivity index (χ0v) is 19.3. The summed E-state index contributed by atoms with van der Waals surface area (Å²) in [5.41, 5.74) is 7.30. The number of anilines is 1. The molecule has 6 rings (SSSR count). The average molecular weight is 463 g/mol. The molecule has 5 aromatic heterocycles. The molecule has 0 bridgehead atoms. The molecule has 0 unspecified atom stereocenters. The zero-order chi connectivity index (χ0) is 23.2. The van der Waals surface area contributed by atoms with Crippen molar-refractivity contribution in [3.8, 4) is 0 Å². The SMILES string of the molecule is Cc1ccc2c(n1)N/C(=C(\c1ccc3ccc(C)nc3n1)c1ccc3ccc(Cl)nc3n1)C=C2. The van der Waals surface area contributed by atoms with E-state index in [2.05, 4.69) is 26.3 Å². The minimum Gasteiger partial charge on any atom is -0.339 e. The van der Waals surface area contributed by atoms with Gasteiger partial charge in [-0.1, -0.05) is 11.6 Å². The summed E-state index contributed by atoms with van der Waals surface area (Å²) in [4.78, 5) is 23.5. The average Bonchev–Trinajstić information content (AvgIpc) is 2.83. The summed E-state index contributed by atoms with van der Waals surface area (Å²) < 4.78 is 0. The summed E-state index contributed by atoms with van der Waals surface area (Å²) >= 11 is 6.15. The smallest absolute Gasteiger partial charge is 0.161 e. The number of hydrogen-bond acceptors (Lipinski definition) is 6. The van der Waals surface area contributed by atoms with E-state index in [-0.39, 0.29) is 0 Å². The molecule has 34 heavy (non-hydrogen) atoms. The predicted octanol–water partition coefficient (Wildman–Crippen LogP) is 6.14. The molecule has 6 nitrogen and oxygen atoms in total. The van der Waals surface area contributed by atoms with Gasteiger partial charge in [-0.2, -0.15) is 0 Å². The van der Waals surface area contributed by atoms with Crippen molar-refractivity contribution in [3.05, 3.63) is 106 Å². The van der Waals surface area contributed by atoms with Gasteiger partial charge in [-0.3, -0.25) is 0 Å². The van der Waals surface area contributed by atoms with Gasteiger partial charge in [0.25, 0.3) is 0 Å². The minimum absolute atomic E-state index is 0.402. The van der Waals surface area contributed by atoms with Gasteiger partial charge in [0.1, 0.15) is 11.0 Å². The van der Waals surface area contributed by atoms with Crippen LogP contribution in [-0.2, 0) is 0 Å². The molecule has 164 valence electrons. The van der Waals surface area contributed by atoms with Crippen LogP contribution in [0.5, 0.6) is 0 Å². The Balaban J connectivity index is 1.60. The monoisotopic (exact) mass is 462 g/mol. The minimum atomic E-state index is 0.402. The number of aryl methyl sites for hydroxylation is 2. The van der Waals surface area contributed by atoms with E-state index >= 15 is 0 Å². The number of nitrogens with zero attached hydrogens (tertiary/aromatic N) is 5. The van der Waals surface area contributed by atoms with E-state index in [1.807, 2.05) is 74.5 Å². The van der Waals surface area contributed by atoms with Crippen molar-refractivity contribution in [2.75, 3.05) is 5.32 Å². The Hall–Kier alpha value is -4.16. The second kappa shape index (κ2) is 8.01. The second-order valence-corrected chi connectivity index (χ2v) is 8.60. The second-order valence-electron chi connectivity index (χ2n) is 8.21. The van der Waals surface area contributed by atoms with Gasteiger partial charge >= 0.3 is 0 Å². The Morgan fingerprint density at radius 2 is 1.26 bits per heavy atom. The summed E-state index contributed by atoms with van der Waals surface area (Å²) in [5.74, 6) is 0.798. The van der Waals surface area contributed by atoms with E-state index in [0.717, 1.165) is 56.2 Å². The van der Waals surface area contributed by atoms with Crippen molar-refractivity contribution in [1.82, 2.24) is 24.9 Å². The van der Waals surface area contributed by atoms with E-state index in [9.17, 15) is 0 Å². The molecule has 0 saturated heterocycles. The van der Waals surface area contributed by atoms with Gasteiger partial charge in [0.15, 0.2) is 11.3 Å². The standard InChI is InChI=1S/C27H19ClN6/c1-15-3-5-17-7-11-20(31-25(17)29-15)24(21-12-8-18-6-4-16(2)30-26(18)32-21)22-13-9-19-10-14-23(28)34-27(19)33-22/h3-14H,1-2H3,(H,29,31)/b24-20+. The first-order valence-corrected chi connectivity index (χ1v) is 11.3. The Morgan fingerprint density at radius 3 is 2.03 bits per heavy atom. The van der Waals surface area contributed by atoms with Crippen molar-refractivity contribution in [3.63, 3.8) is 0 Å². The normalized spacial score (nSPS) is 14.2. The van der Waals surface area contributed by atoms with Gasteiger partial charge in [0.2, 0.25) is 0 Å². The van der Waals surface area contributed by atoms with Crippen LogP contribution in [0, 0.1) is 13.8 Å². The molecule has 0 saturated carbocycles. The summed E-state index contributed by atoms with van der Waals surface area (Å²) in [6.07, 6.45) is 4.08. The molecule has 5 aromatic rings. The molecular weight excluding hydrogens is 444 g/mol. The van der Waals surface area contributed by atoms with E-state index in [4.69, 9.17) is 21.6 Å². The zero-order valence-electron chi connectivity index (χ0n) is 18.5. The van der Waals surface area contributed by atoms with Crippen molar-refractivity contribution in [1.29, 1.82) is 0 Å². The number of halogens is 1. The van der Waals surface area contributed by atoms with E-state index in [0.29, 0.717) is 16.4 Å². The maximum Gasteiger partial charge on any atom is 0.161 e. The van der Waals surface area contributed by atoms with Crippen LogP contribution in [0.1, 0.15) is 28.3 Å². The number of aromatic nitrogens is 5. The summed E-state index contributed by atoms with van der Waals surface area (Å²) in [7, 11) is 0. The highest BCUT2D eigenvalue weighted by Gasteiger charge is 2.19. The van der Waals surface area contributed by atoms with Crippen LogP contribution in [0.25, 0.3) is 33.7 Å². The fraction of sp³-hybridized carbons (Fsp3) is 0.0741. The molecule has 1 aliphatic heterocycles. The number of fused-ring (bicyclic) bond motifs is 3. The Morgan fingerprint density at radius 1 is 0.647 bits per heavy atom. The van der Waals surface area contributed by atoms with E-state index in [1.165, 1.54) is 0 Å². The highest BCUT2D eigenvalue weighted by atomic mass is 35.5. The molecule has 0 fully saturated rings. The van der Waals surface area contributed by atoms with Crippen LogP contribution in [-0.4, -0.2) is 24.9 Å². The lowest BCUT2D eigenvalue weighted by atomic mass is 10.0. The van der Waals surface area contributed by atoms with E-state index < -0.39 is 0 Å². The Kier molecular flexibility index (Phi) is 4.81.